The van der Waals surface area contributed by atoms with Crippen molar-refractivity contribution in [2.24, 2.45) is 5.73 Å². The van der Waals surface area contributed by atoms with Crippen molar-refractivity contribution in [1.82, 2.24) is 4.98 Å². The quantitative estimate of drug-likeness (QED) is 0.853. The van der Waals surface area contributed by atoms with Crippen LogP contribution in [0, 0.1) is 6.92 Å². The number of hydrogen-bond acceptors (Lipinski definition) is 4. The van der Waals surface area contributed by atoms with E-state index in [2.05, 4.69) is 10.3 Å². The summed E-state index contributed by atoms with van der Waals surface area (Å²) in [6, 6.07) is 5.63. The Morgan fingerprint density at radius 3 is 2.94 bits per heavy atom. The lowest BCUT2D eigenvalue weighted by atomic mass is 10.2. The number of carbonyl (C=O) groups is 1. The Balaban J connectivity index is 2.33. The molecule has 3 N–H and O–H groups in total. The van der Waals surface area contributed by atoms with Crippen molar-refractivity contribution in [2.45, 2.75) is 19.9 Å². The maximum absolute atomic E-state index is 10.9. The van der Waals surface area contributed by atoms with Gasteiger partial charge in [-0.05, 0) is 25.5 Å². The number of aryl methyl sites for hydroxylation is 1. The third-order valence-corrected chi connectivity index (χ3v) is 3.34. The van der Waals surface area contributed by atoms with Crippen molar-refractivity contribution < 1.29 is 4.79 Å². The van der Waals surface area contributed by atoms with Crippen LogP contribution >= 0.6 is 11.3 Å². The van der Waals surface area contributed by atoms with E-state index < -0.39 is 6.04 Å². The molecule has 0 aliphatic rings. The summed E-state index contributed by atoms with van der Waals surface area (Å²) in [6.45, 7) is 3.74. The van der Waals surface area contributed by atoms with Gasteiger partial charge in [0, 0.05) is 0 Å². The fourth-order valence-corrected chi connectivity index (χ4v) is 2.44. The molecule has 16 heavy (non-hydrogen) atoms. The number of primary amides is 1. The Morgan fingerprint density at radius 2 is 2.31 bits per heavy atom. The highest BCUT2D eigenvalue weighted by molar-refractivity contribution is 7.22. The van der Waals surface area contributed by atoms with E-state index in [1.165, 1.54) is 11.3 Å². The smallest absolute Gasteiger partial charge is 0.239 e. The Morgan fingerprint density at radius 1 is 1.56 bits per heavy atom. The summed E-state index contributed by atoms with van der Waals surface area (Å²) in [5, 5.41) is 3.72. The minimum absolute atomic E-state index is 0.379. The Bertz CT molecular complexity index is 535. The number of nitrogens with zero attached hydrogens (tertiary/aromatic N) is 1. The number of thiazole rings is 1. The van der Waals surface area contributed by atoms with Gasteiger partial charge < -0.3 is 11.1 Å². The lowest BCUT2D eigenvalue weighted by Crippen LogP contribution is -2.32. The average molecular weight is 235 g/mol. The van der Waals surface area contributed by atoms with E-state index in [1.807, 2.05) is 25.1 Å². The monoisotopic (exact) mass is 235 g/mol. The zero-order valence-corrected chi connectivity index (χ0v) is 9.97. The molecule has 0 aliphatic carbocycles. The molecule has 1 unspecified atom stereocenters. The van der Waals surface area contributed by atoms with Crippen molar-refractivity contribution in [3.63, 3.8) is 0 Å². The fraction of sp³-hybridized carbons (Fsp3) is 0.273. The van der Waals surface area contributed by atoms with Crippen LogP contribution in [0.2, 0.25) is 0 Å². The molecule has 0 fully saturated rings. The van der Waals surface area contributed by atoms with Crippen LogP contribution in [0.15, 0.2) is 18.2 Å². The lowest BCUT2D eigenvalue weighted by molar-refractivity contribution is -0.118. The largest absolute Gasteiger partial charge is 0.368 e. The molecule has 1 aromatic heterocycles. The van der Waals surface area contributed by atoms with E-state index in [4.69, 9.17) is 5.73 Å². The maximum Gasteiger partial charge on any atom is 0.239 e. The number of benzene rings is 1. The van der Waals surface area contributed by atoms with Crippen LogP contribution in [-0.4, -0.2) is 16.9 Å². The molecule has 4 nitrogen and oxygen atoms in total. The van der Waals surface area contributed by atoms with E-state index >= 15 is 0 Å². The Hall–Kier alpha value is -1.62. The summed E-state index contributed by atoms with van der Waals surface area (Å²) in [5.74, 6) is -0.379. The molecule has 2 rings (SSSR count). The van der Waals surface area contributed by atoms with Crippen LogP contribution in [-0.2, 0) is 4.79 Å². The number of nitrogens with two attached hydrogens (primary N) is 1. The fourth-order valence-electron chi connectivity index (χ4n) is 1.40. The van der Waals surface area contributed by atoms with Gasteiger partial charge in [-0.3, -0.25) is 4.79 Å². The van der Waals surface area contributed by atoms with E-state index in [-0.39, 0.29) is 5.91 Å². The number of anilines is 1. The molecular formula is C11H13N3OS. The van der Waals surface area contributed by atoms with Gasteiger partial charge in [-0.1, -0.05) is 23.5 Å². The third kappa shape index (κ3) is 1.99. The van der Waals surface area contributed by atoms with Crippen LogP contribution in [0.3, 0.4) is 0 Å². The van der Waals surface area contributed by atoms with Gasteiger partial charge in [0.05, 0.1) is 10.2 Å². The molecule has 1 atom stereocenters. The average Bonchev–Trinajstić information content (AvgIpc) is 2.61. The standard InChI is InChI=1S/C11H13N3OS/c1-6-4-3-5-8-9(6)14-11(16-8)13-7(2)10(12)15/h3-5,7H,1-2H3,(H2,12,15)(H,13,14). The van der Waals surface area contributed by atoms with Crippen molar-refractivity contribution in [3.8, 4) is 0 Å². The number of para-hydroxylation sites is 1. The number of rotatable bonds is 3. The predicted molar refractivity (Wildman–Crippen MR) is 66.6 cm³/mol. The molecule has 2 aromatic rings. The van der Waals surface area contributed by atoms with Gasteiger partial charge in [-0.15, -0.1) is 0 Å². The highest BCUT2D eigenvalue weighted by Crippen LogP contribution is 2.28. The number of hydrogen-bond donors (Lipinski definition) is 2. The summed E-state index contributed by atoms with van der Waals surface area (Å²) in [7, 11) is 0. The van der Waals surface area contributed by atoms with E-state index in [9.17, 15) is 4.79 Å². The molecule has 84 valence electrons. The second-order valence-corrected chi connectivity index (χ2v) is 4.74. The van der Waals surface area contributed by atoms with Crippen molar-refractivity contribution >= 4 is 32.6 Å². The molecule has 0 saturated carbocycles. The van der Waals surface area contributed by atoms with E-state index in [0.29, 0.717) is 0 Å². The van der Waals surface area contributed by atoms with Crippen LogP contribution in [0.25, 0.3) is 10.2 Å². The number of carbonyl (C=O) groups excluding carboxylic acids is 1. The summed E-state index contributed by atoms with van der Waals surface area (Å²) in [5.41, 5.74) is 7.29. The summed E-state index contributed by atoms with van der Waals surface area (Å²) >= 11 is 1.53. The molecule has 1 aromatic carbocycles. The van der Waals surface area contributed by atoms with E-state index in [0.717, 1.165) is 20.9 Å². The first-order chi connectivity index (χ1) is 7.58. The van der Waals surface area contributed by atoms with Crippen molar-refractivity contribution in [1.29, 1.82) is 0 Å². The number of amides is 1. The normalized spacial score (nSPS) is 12.6. The summed E-state index contributed by atoms with van der Waals surface area (Å²) < 4.78 is 1.11. The van der Waals surface area contributed by atoms with Crippen molar-refractivity contribution in [2.75, 3.05) is 5.32 Å². The topological polar surface area (TPSA) is 68.0 Å². The molecule has 0 spiro atoms. The lowest BCUT2D eigenvalue weighted by Gasteiger charge is -2.06. The SMILES string of the molecule is Cc1cccc2sc(NC(C)C(N)=O)nc12. The molecular weight excluding hydrogens is 222 g/mol. The summed E-state index contributed by atoms with van der Waals surface area (Å²) in [6.07, 6.45) is 0. The van der Waals surface area contributed by atoms with Gasteiger partial charge in [-0.25, -0.2) is 4.98 Å². The minimum Gasteiger partial charge on any atom is -0.368 e. The van der Waals surface area contributed by atoms with Crippen LogP contribution < -0.4 is 11.1 Å². The highest BCUT2D eigenvalue weighted by Gasteiger charge is 2.11. The van der Waals surface area contributed by atoms with Crippen molar-refractivity contribution in [3.05, 3.63) is 23.8 Å². The minimum atomic E-state index is -0.402. The van der Waals surface area contributed by atoms with Crippen LogP contribution in [0.1, 0.15) is 12.5 Å². The van der Waals surface area contributed by atoms with Gasteiger partial charge in [0.1, 0.15) is 6.04 Å². The maximum atomic E-state index is 10.9. The molecule has 5 heteroatoms. The first kappa shape index (κ1) is 10.9. The highest BCUT2D eigenvalue weighted by atomic mass is 32.1. The first-order valence-corrected chi connectivity index (χ1v) is 5.81. The third-order valence-electron chi connectivity index (χ3n) is 2.39. The first-order valence-electron chi connectivity index (χ1n) is 5.00. The second-order valence-electron chi connectivity index (χ2n) is 3.71. The number of aromatic nitrogens is 1. The molecule has 0 aliphatic heterocycles. The van der Waals surface area contributed by atoms with Crippen LogP contribution in [0.5, 0.6) is 0 Å². The Labute approximate surface area is 97.5 Å². The van der Waals surface area contributed by atoms with Gasteiger partial charge in [0.2, 0.25) is 5.91 Å². The van der Waals surface area contributed by atoms with Crippen LogP contribution in [0.4, 0.5) is 5.13 Å². The number of fused-ring (bicyclic) bond motifs is 1. The van der Waals surface area contributed by atoms with Gasteiger partial charge in [-0.2, -0.15) is 0 Å². The molecule has 0 bridgehead atoms. The zero-order chi connectivity index (χ0) is 11.7. The predicted octanol–water partition coefficient (Wildman–Crippen LogP) is 1.89. The molecule has 1 amide bonds. The Kier molecular flexibility index (Phi) is 2.78. The van der Waals surface area contributed by atoms with Gasteiger partial charge in [0.25, 0.3) is 0 Å². The molecule has 1 heterocycles. The molecule has 0 saturated heterocycles. The van der Waals surface area contributed by atoms with E-state index in [1.54, 1.807) is 6.92 Å². The number of nitrogens with one attached hydrogen (secondary N) is 1. The van der Waals surface area contributed by atoms with Gasteiger partial charge >= 0.3 is 0 Å². The molecule has 0 radical (unpaired) electrons. The van der Waals surface area contributed by atoms with Gasteiger partial charge in [0.15, 0.2) is 5.13 Å². The zero-order valence-electron chi connectivity index (χ0n) is 9.15. The second kappa shape index (κ2) is 4.09. The summed E-state index contributed by atoms with van der Waals surface area (Å²) in [4.78, 5) is 15.4.